The normalized spacial score (nSPS) is 15.0. The number of aliphatic imine (C=N–C) groups is 1. The first-order valence-corrected chi connectivity index (χ1v) is 7.32. The van der Waals surface area contributed by atoms with E-state index in [0.717, 1.165) is 5.69 Å². The number of hydrogen-bond donors (Lipinski definition) is 0. The molecule has 5 nitrogen and oxygen atoms in total. The van der Waals surface area contributed by atoms with Crippen LogP contribution in [0.25, 0.3) is 0 Å². The van der Waals surface area contributed by atoms with E-state index in [-0.39, 0.29) is 11.8 Å². The summed E-state index contributed by atoms with van der Waals surface area (Å²) < 4.78 is 0. The van der Waals surface area contributed by atoms with E-state index in [0.29, 0.717) is 36.9 Å². The Morgan fingerprint density at radius 2 is 1.95 bits per heavy atom. The first kappa shape index (κ1) is 15.5. The Balaban J connectivity index is 2.16. The molecular weight excluding hydrogens is 290 g/mol. The highest BCUT2D eigenvalue weighted by Crippen LogP contribution is 2.36. The summed E-state index contributed by atoms with van der Waals surface area (Å²) in [6.45, 7) is 6.44. The fourth-order valence-electron chi connectivity index (χ4n) is 2.47. The average molecular weight is 308 g/mol. The molecule has 21 heavy (non-hydrogen) atoms. The van der Waals surface area contributed by atoms with Gasteiger partial charge in [-0.05, 0) is 12.1 Å². The molecular formula is C15H18ClN3O2. The molecule has 1 aromatic rings. The maximum Gasteiger partial charge on any atom is 0.240 e. The molecule has 0 bridgehead atoms. The van der Waals surface area contributed by atoms with E-state index in [1.54, 1.807) is 24.3 Å². The van der Waals surface area contributed by atoms with Crippen LogP contribution in [0.3, 0.4) is 0 Å². The number of carbonyl (C=O) groups excluding carboxylic acids is 2. The third-order valence-electron chi connectivity index (χ3n) is 3.53. The molecule has 112 valence electrons. The van der Waals surface area contributed by atoms with E-state index >= 15 is 0 Å². The molecule has 1 aromatic carbocycles. The predicted molar refractivity (Wildman–Crippen MR) is 82.9 cm³/mol. The summed E-state index contributed by atoms with van der Waals surface area (Å²) in [5.74, 6) is 0.173. The molecule has 2 rings (SSSR count). The lowest BCUT2D eigenvalue weighted by Crippen LogP contribution is -2.50. The van der Waals surface area contributed by atoms with Gasteiger partial charge in [0.25, 0.3) is 0 Å². The van der Waals surface area contributed by atoms with E-state index in [2.05, 4.69) is 9.89 Å². The van der Waals surface area contributed by atoms with Crippen molar-refractivity contribution in [3.8, 4) is 0 Å². The van der Waals surface area contributed by atoms with Crippen molar-refractivity contribution in [1.29, 1.82) is 0 Å². The van der Waals surface area contributed by atoms with E-state index < -0.39 is 0 Å². The third-order valence-corrected chi connectivity index (χ3v) is 3.84. The monoisotopic (exact) mass is 307 g/mol. The van der Waals surface area contributed by atoms with E-state index in [9.17, 15) is 9.59 Å². The second-order valence-electron chi connectivity index (χ2n) is 5.28. The minimum Gasteiger partial charge on any atom is -0.365 e. The van der Waals surface area contributed by atoms with Crippen LogP contribution in [0.4, 0.5) is 11.4 Å². The maximum absolute atomic E-state index is 12.0. The zero-order valence-electron chi connectivity index (χ0n) is 12.2. The highest BCUT2D eigenvalue weighted by molar-refractivity contribution is 6.34. The smallest absolute Gasteiger partial charge is 0.240 e. The van der Waals surface area contributed by atoms with Gasteiger partial charge >= 0.3 is 0 Å². The minimum absolute atomic E-state index is 0.00656. The summed E-state index contributed by atoms with van der Waals surface area (Å²) in [5.41, 5.74) is 1.25. The van der Waals surface area contributed by atoms with Crippen LogP contribution in [0, 0.1) is 5.92 Å². The van der Waals surface area contributed by atoms with Crippen molar-refractivity contribution in [1.82, 2.24) is 4.90 Å². The zero-order valence-corrected chi connectivity index (χ0v) is 12.9. The first-order valence-electron chi connectivity index (χ1n) is 6.94. The van der Waals surface area contributed by atoms with Gasteiger partial charge in [0.1, 0.15) is 5.69 Å². The van der Waals surface area contributed by atoms with Crippen molar-refractivity contribution in [3.05, 3.63) is 23.2 Å². The highest BCUT2D eigenvalue weighted by atomic mass is 35.5. The summed E-state index contributed by atoms with van der Waals surface area (Å²) in [5, 5.41) is 0.551. The molecule has 0 aliphatic carbocycles. The molecule has 0 aromatic heterocycles. The molecule has 6 heteroatoms. The van der Waals surface area contributed by atoms with Gasteiger partial charge < -0.3 is 9.80 Å². The van der Waals surface area contributed by atoms with Crippen LogP contribution in [0.5, 0.6) is 0 Å². The van der Waals surface area contributed by atoms with Crippen LogP contribution in [-0.2, 0) is 9.59 Å². The highest BCUT2D eigenvalue weighted by Gasteiger charge is 2.25. The minimum atomic E-state index is 0.00656. The van der Waals surface area contributed by atoms with E-state index in [1.807, 2.05) is 18.7 Å². The van der Waals surface area contributed by atoms with Crippen molar-refractivity contribution in [2.24, 2.45) is 10.9 Å². The van der Waals surface area contributed by atoms with Crippen LogP contribution in [0.1, 0.15) is 13.8 Å². The van der Waals surface area contributed by atoms with Gasteiger partial charge in [0.15, 0.2) is 0 Å². The van der Waals surface area contributed by atoms with Crippen molar-refractivity contribution in [2.75, 3.05) is 31.1 Å². The second kappa shape index (κ2) is 6.74. The molecule has 1 saturated heterocycles. The number of carbonyl (C=O) groups is 1. The van der Waals surface area contributed by atoms with Crippen LogP contribution in [0.2, 0.25) is 5.02 Å². The molecule has 1 aliphatic heterocycles. The number of rotatable bonds is 3. The van der Waals surface area contributed by atoms with Gasteiger partial charge in [-0.1, -0.05) is 31.5 Å². The number of halogens is 1. The van der Waals surface area contributed by atoms with Crippen LogP contribution >= 0.6 is 11.6 Å². The summed E-state index contributed by atoms with van der Waals surface area (Å²) >= 11 is 6.24. The SMILES string of the molecule is CC(C)C(=O)N1CCN(c2c(Cl)cccc2N=C=O)CC1. The number of nitrogens with zero attached hydrogens (tertiary/aromatic N) is 3. The van der Waals surface area contributed by atoms with Gasteiger partial charge in [-0.2, -0.15) is 4.99 Å². The molecule has 0 unspecified atom stereocenters. The van der Waals surface area contributed by atoms with Gasteiger partial charge in [0.2, 0.25) is 12.0 Å². The lowest BCUT2D eigenvalue weighted by Gasteiger charge is -2.37. The summed E-state index contributed by atoms with van der Waals surface area (Å²) in [6.07, 6.45) is 1.56. The summed E-state index contributed by atoms with van der Waals surface area (Å²) in [6, 6.07) is 5.25. The predicted octanol–water partition coefficient (Wildman–Crippen LogP) is 2.61. The second-order valence-corrected chi connectivity index (χ2v) is 5.68. The molecule has 1 heterocycles. The van der Waals surface area contributed by atoms with Gasteiger partial charge in [-0.3, -0.25) is 4.79 Å². The zero-order chi connectivity index (χ0) is 15.4. The Hall–Kier alpha value is -1.84. The van der Waals surface area contributed by atoms with Crippen molar-refractivity contribution in [3.63, 3.8) is 0 Å². The van der Waals surface area contributed by atoms with Crippen molar-refractivity contribution >= 4 is 35.0 Å². The Labute approximate surface area is 129 Å². The Bertz CT molecular complexity index is 574. The fraction of sp³-hybridized carbons (Fsp3) is 0.467. The maximum atomic E-state index is 12.0. The van der Waals surface area contributed by atoms with Crippen molar-refractivity contribution < 1.29 is 9.59 Å². The Morgan fingerprint density at radius 1 is 1.29 bits per heavy atom. The summed E-state index contributed by atoms with van der Waals surface area (Å²) in [7, 11) is 0. The fourth-order valence-corrected chi connectivity index (χ4v) is 2.76. The van der Waals surface area contributed by atoms with Crippen LogP contribution in [0.15, 0.2) is 23.2 Å². The molecule has 0 radical (unpaired) electrons. The lowest BCUT2D eigenvalue weighted by atomic mass is 10.1. The molecule has 1 fully saturated rings. The number of amides is 1. The number of benzene rings is 1. The number of isocyanates is 1. The molecule has 0 spiro atoms. The number of para-hydroxylation sites is 1. The van der Waals surface area contributed by atoms with Gasteiger partial charge in [-0.15, -0.1) is 0 Å². The molecule has 1 aliphatic rings. The van der Waals surface area contributed by atoms with Crippen LogP contribution < -0.4 is 4.90 Å². The summed E-state index contributed by atoms with van der Waals surface area (Å²) in [4.78, 5) is 30.2. The first-order chi connectivity index (χ1) is 10.0. The molecule has 0 N–H and O–H groups in total. The van der Waals surface area contributed by atoms with E-state index in [1.165, 1.54) is 0 Å². The molecule has 0 atom stereocenters. The number of piperazine rings is 1. The quantitative estimate of drug-likeness (QED) is 0.637. The largest absolute Gasteiger partial charge is 0.365 e. The van der Waals surface area contributed by atoms with Gasteiger partial charge in [0.05, 0.1) is 10.7 Å². The lowest BCUT2D eigenvalue weighted by molar-refractivity contribution is -0.134. The molecule has 1 amide bonds. The third kappa shape index (κ3) is 3.43. The Kier molecular flexibility index (Phi) is 4.99. The number of hydrogen-bond acceptors (Lipinski definition) is 4. The van der Waals surface area contributed by atoms with E-state index in [4.69, 9.17) is 11.6 Å². The van der Waals surface area contributed by atoms with Gasteiger partial charge in [0, 0.05) is 32.1 Å². The average Bonchev–Trinajstić information content (AvgIpc) is 2.47. The topological polar surface area (TPSA) is 53.0 Å². The van der Waals surface area contributed by atoms with Gasteiger partial charge in [-0.25, -0.2) is 4.79 Å². The van der Waals surface area contributed by atoms with Crippen LogP contribution in [-0.4, -0.2) is 43.1 Å². The Morgan fingerprint density at radius 3 is 2.52 bits per heavy atom. The number of anilines is 1. The molecule has 0 saturated carbocycles. The standard InChI is InChI=1S/C15H18ClN3O2/c1-11(2)15(21)19-8-6-18(7-9-19)14-12(16)4-3-5-13(14)17-10-20/h3-5,11H,6-9H2,1-2H3. The van der Waals surface area contributed by atoms with Crippen molar-refractivity contribution in [2.45, 2.75) is 13.8 Å².